The molecule has 1 saturated heterocycles. The zero-order valence-corrected chi connectivity index (χ0v) is 15.5. The number of ether oxygens (including phenoxy) is 3. The Hall–Kier alpha value is -1.00. The second-order valence-corrected chi connectivity index (χ2v) is 8.11. The van der Waals surface area contributed by atoms with E-state index < -0.39 is 16.0 Å². The molecule has 7 nitrogen and oxygen atoms in total. The first-order valence-corrected chi connectivity index (χ1v) is 10.2. The molecule has 0 aliphatic carbocycles. The zero-order chi connectivity index (χ0) is 17.6. The van der Waals surface area contributed by atoms with Gasteiger partial charge in [-0.15, -0.1) is 11.3 Å². The molecule has 24 heavy (non-hydrogen) atoms. The van der Waals surface area contributed by atoms with Crippen molar-refractivity contribution in [3.63, 3.8) is 0 Å². The summed E-state index contributed by atoms with van der Waals surface area (Å²) in [5.41, 5.74) is 0.530. The van der Waals surface area contributed by atoms with Crippen LogP contribution in [-0.2, 0) is 24.2 Å². The lowest BCUT2D eigenvalue weighted by atomic mass is 10.2. The summed E-state index contributed by atoms with van der Waals surface area (Å²) in [7, 11) is -2.53. The highest BCUT2D eigenvalue weighted by Gasteiger charge is 2.27. The fourth-order valence-electron chi connectivity index (χ4n) is 2.44. The standard InChI is InChI=1S/C15H23NO6S2/c1-11-10-23-13(15(17)20-2)14(11)24(18,19)16-6-4-7-21-9-12-5-3-8-22-12/h10,12,16H,3-9H2,1-2H3. The number of rotatable bonds is 9. The Labute approximate surface area is 146 Å². The summed E-state index contributed by atoms with van der Waals surface area (Å²) in [6, 6.07) is 0. The molecule has 1 aromatic rings. The molecular formula is C15H23NO6S2. The van der Waals surface area contributed by atoms with E-state index in [1.54, 1.807) is 12.3 Å². The summed E-state index contributed by atoms with van der Waals surface area (Å²) >= 11 is 1.06. The lowest BCUT2D eigenvalue weighted by Crippen LogP contribution is -2.27. The number of aryl methyl sites for hydroxylation is 1. The van der Waals surface area contributed by atoms with E-state index in [-0.39, 0.29) is 22.4 Å². The lowest BCUT2D eigenvalue weighted by molar-refractivity contribution is 0.0169. The van der Waals surface area contributed by atoms with Crippen LogP contribution < -0.4 is 4.72 Å². The molecule has 1 aromatic heterocycles. The van der Waals surface area contributed by atoms with Gasteiger partial charge < -0.3 is 14.2 Å². The van der Waals surface area contributed by atoms with Crippen molar-refractivity contribution in [3.8, 4) is 0 Å². The monoisotopic (exact) mass is 377 g/mol. The van der Waals surface area contributed by atoms with Crippen LogP contribution >= 0.6 is 11.3 Å². The van der Waals surface area contributed by atoms with Crippen molar-refractivity contribution in [3.05, 3.63) is 15.8 Å². The van der Waals surface area contributed by atoms with Gasteiger partial charge in [-0.25, -0.2) is 17.9 Å². The van der Waals surface area contributed by atoms with Gasteiger partial charge in [0.05, 0.1) is 19.8 Å². The Morgan fingerprint density at radius 1 is 1.50 bits per heavy atom. The van der Waals surface area contributed by atoms with Crippen LogP contribution in [0.1, 0.15) is 34.5 Å². The lowest BCUT2D eigenvalue weighted by Gasteiger charge is -2.11. The molecule has 1 atom stereocenters. The summed E-state index contributed by atoms with van der Waals surface area (Å²) in [4.78, 5) is 11.8. The van der Waals surface area contributed by atoms with Crippen molar-refractivity contribution in [1.82, 2.24) is 4.72 Å². The highest BCUT2D eigenvalue weighted by molar-refractivity contribution is 7.89. The zero-order valence-electron chi connectivity index (χ0n) is 13.9. The van der Waals surface area contributed by atoms with Crippen molar-refractivity contribution in [2.24, 2.45) is 0 Å². The van der Waals surface area contributed by atoms with Crippen LogP contribution in [0.4, 0.5) is 0 Å². The SMILES string of the molecule is COC(=O)c1scc(C)c1S(=O)(=O)NCCCOCC1CCCO1. The van der Waals surface area contributed by atoms with Gasteiger partial charge in [0.15, 0.2) is 0 Å². The Bertz CT molecular complexity index is 649. The van der Waals surface area contributed by atoms with Gasteiger partial charge in [0.2, 0.25) is 10.0 Å². The van der Waals surface area contributed by atoms with Crippen molar-refractivity contribution < 1.29 is 27.4 Å². The molecule has 136 valence electrons. The first-order chi connectivity index (χ1) is 11.5. The van der Waals surface area contributed by atoms with Gasteiger partial charge in [0.1, 0.15) is 9.77 Å². The Morgan fingerprint density at radius 3 is 2.96 bits per heavy atom. The van der Waals surface area contributed by atoms with Gasteiger partial charge >= 0.3 is 5.97 Å². The number of carbonyl (C=O) groups excluding carboxylic acids is 1. The van der Waals surface area contributed by atoms with Crippen LogP contribution in [-0.4, -0.2) is 54.0 Å². The van der Waals surface area contributed by atoms with Crippen LogP contribution in [0.5, 0.6) is 0 Å². The number of carbonyl (C=O) groups is 1. The average Bonchev–Trinajstić information content (AvgIpc) is 3.19. The fraction of sp³-hybridized carbons (Fsp3) is 0.667. The van der Waals surface area contributed by atoms with Crippen LogP contribution in [0.25, 0.3) is 0 Å². The maximum Gasteiger partial charge on any atom is 0.349 e. The molecule has 0 radical (unpaired) electrons. The molecule has 1 unspecified atom stereocenters. The molecule has 0 aromatic carbocycles. The molecule has 2 rings (SSSR count). The van der Waals surface area contributed by atoms with Gasteiger partial charge in [0.25, 0.3) is 0 Å². The third-order valence-electron chi connectivity index (χ3n) is 3.64. The Morgan fingerprint density at radius 2 is 2.29 bits per heavy atom. The second-order valence-electron chi connectivity index (χ2n) is 5.53. The Kier molecular flexibility index (Phi) is 7.17. The maximum atomic E-state index is 12.4. The van der Waals surface area contributed by atoms with E-state index in [1.165, 1.54) is 7.11 Å². The molecule has 9 heteroatoms. The van der Waals surface area contributed by atoms with Gasteiger partial charge in [-0.1, -0.05) is 0 Å². The predicted octanol–water partition coefficient (Wildman–Crippen LogP) is 1.71. The first kappa shape index (κ1) is 19.3. The number of hydrogen-bond donors (Lipinski definition) is 1. The summed E-state index contributed by atoms with van der Waals surface area (Å²) in [5, 5.41) is 1.63. The smallest absolute Gasteiger partial charge is 0.349 e. The third-order valence-corrected chi connectivity index (χ3v) is 6.50. The molecule has 0 spiro atoms. The third kappa shape index (κ3) is 5.00. The topological polar surface area (TPSA) is 90.9 Å². The molecule has 2 heterocycles. The van der Waals surface area contributed by atoms with Crippen molar-refractivity contribution in [2.75, 3.05) is 33.5 Å². The minimum atomic E-state index is -3.76. The van der Waals surface area contributed by atoms with Crippen LogP contribution in [0.15, 0.2) is 10.3 Å². The number of esters is 1. The van der Waals surface area contributed by atoms with E-state index in [0.29, 0.717) is 25.2 Å². The summed E-state index contributed by atoms with van der Waals surface area (Å²) in [6.07, 6.45) is 2.79. The van der Waals surface area contributed by atoms with E-state index in [9.17, 15) is 13.2 Å². The van der Waals surface area contributed by atoms with E-state index in [2.05, 4.69) is 9.46 Å². The summed E-state index contributed by atoms with van der Waals surface area (Å²) in [6.45, 7) is 3.68. The maximum absolute atomic E-state index is 12.4. The number of methoxy groups -OCH3 is 1. The number of sulfonamides is 1. The van der Waals surface area contributed by atoms with Crippen molar-refractivity contribution in [2.45, 2.75) is 37.2 Å². The molecule has 1 fully saturated rings. The van der Waals surface area contributed by atoms with E-state index in [1.807, 2.05) is 0 Å². The minimum Gasteiger partial charge on any atom is -0.465 e. The molecule has 0 saturated carbocycles. The predicted molar refractivity (Wildman–Crippen MR) is 90.0 cm³/mol. The van der Waals surface area contributed by atoms with Gasteiger partial charge in [0, 0.05) is 19.8 Å². The quantitative estimate of drug-likeness (QED) is 0.520. The molecule has 1 N–H and O–H groups in total. The van der Waals surface area contributed by atoms with Crippen LogP contribution in [0.3, 0.4) is 0 Å². The van der Waals surface area contributed by atoms with E-state index in [0.717, 1.165) is 30.8 Å². The van der Waals surface area contributed by atoms with E-state index >= 15 is 0 Å². The van der Waals surface area contributed by atoms with Crippen LogP contribution in [0, 0.1) is 6.92 Å². The highest BCUT2D eigenvalue weighted by atomic mass is 32.2. The van der Waals surface area contributed by atoms with Gasteiger partial charge in [-0.3, -0.25) is 0 Å². The van der Waals surface area contributed by atoms with Crippen molar-refractivity contribution in [1.29, 1.82) is 0 Å². The number of nitrogens with one attached hydrogen (secondary N) is 1. The second kappa shape index (κ2) is 8.91. The average molecular weight is 377 g/mol. The normalized spacial score (nSPS) is 18.0. The fourth-order valence-corrected chi connectivity index (χ4v) is 5.22. The molecule has 1 aliphatic heterocycles. The Balaban J connectivity index is 1.81. The summed E-state index contributed by atoms with van der Waals surface area (Å²) in [5.74, 6) is -0.645. The first-order valence-electron chi connectivity index (χ1n) is 7.81. The summed E-state index contributed by atoms with van der Waals surface area (Å²) < 4.78 is 42.9. The molecular weight excluding hydrogens is 354 g/mol. The van der Waals surface area contributed by atoms with E-state index in [4.69, 9.17) is 9.47 Å². The van der Waals surface area contributed by atoms with Crippen LogP contribution in [0.2, 0.25) is 0 Å². The number of thiophene rings is 1. The van der Waals surface area contributed by atoms with Crippen molar-refractivity contribution >= 4 is 27.3 Å². The number of hydrogen-bond acceptors (Lipinski definition) is 7. The van der Waals surface area contributed by atoms with Gasteiger partial charge in [-0.05, 0) is 37.1 Å². The molecule has 1 aliphatic rings. The molecule has 0 bridgehead atoms. The minimum absolute atomic E-state index is 0.000348. The van der Waals surface area contributed by atoms with Gasteiger partial charge in [-0.2, -0.15) is 0 Å². The molecule has 0 amide bonds. The highest BCUT2D eigenvalue weighted by Crippen LogP contribution is 2.27. The largest absolute Gasteiger partial charge is 0.465 e.